The van der Waals surface area contributed by atoms with Crippen molar-refractivity contribution in [1.82, 2.24) is 0 Å². The molecule has 194 valence electrons. The highest BCUT2D eigenvalue weighted by molar-refractivity contribution is 6.26. The third-order valence-corrected chi connectivity index (χ3v) is 8.44. The molecule has 0 amide bonds. The Balaban J connectivity index is 1.48. The molecule has 0 heterocycles. The number of nitrogens with zero attached hydrogens (tertiary/aromatic N) is 1. The van der Waals surface area contributed by atoms with Crippen LogP contribution in [0.3, 0.4) is 0 Å². The fourth-order valence-corrected chi connectivity index (χ4v) is 6.55. The SMILES string of the molecule is C1=CCCC(N(c2ccc3ccccc3c2)c2cc3cc(-c4ccccc4)c4ccccc4c3c3ccccc23)=C1. The summed E-state index contributed by atoms with van der Waals surface area (Å²) in [7, 11) is 0. The van der Waals surface area contributed by atoms with E-state index < -0.39 is 0 Å². The number of rotatable bonds is 4. The van der Waals surface area contributed by atoms with Crippen molar-refractivity contribution < 1.29 is 0 Å². The summed E-state index contributed by atoms with van der Waals surface area (Å²) in [6.07, 6.45) is 8.80. The van der Waals surface area contributed by atoms with Gasteiger partial charge in [0.25, 0.3) is 0 Å². The van der Waals surface area contributed by atoms with Gasteiger partial charge in [0.15, 0.2) is 0 Å². The maximum atomic E-state index is 2.50. The average Bonchev–Trinajstić information content (AvgIpc) is 3.05. The summed E-state index contributed by atoms with van der Waals surface area (Å²) >= 11 is 0. The molecule has 7 aromatic rings. The molecule has 0 spiro atoms. The molecule has 0 fully saturated rings. The van der Waals surface area contributed by atoms with Crippen LogP contribution in [-0.2, 0) is 0 Å². The van der Waals surface area contributed by atoms with Gasteiger partial charge in [0.2, 0.25) is 0 Å². The molecule has 0 saturated carbocycles. The molecule has 0 saturated heterocycles. The first-order chi connectivity index (χ1) is 20.3. The third-order valence-electron chi connectivity index (χ3n) is 8.44. The van der Waals surface area contributed by atoms with Crippen LogP contribution in [0, 0.1) is 0 Å². The topological polar surface area (TPSA) is 3.24 Å². The third kappa shape index (κ3) is 4.01. The van der Waals surface area contributed by atoms with E-state index in [0.29, 0.717) is 0 Å². The molecule has 0 radical (unpaired) electrons. The number of hydrogen-bond acceptors (Lipinski definition) is 1. The lowest BCUT2D eigenvalue weighted by Gasteiger charge is -2.31. The molecule has 41 heavy (non-hydrogen) atoms. The van der Waals surface area contributed by atoms with E-state index in [1.54, 1.807) is 0 Å². The van der Waals surface area contributed by atoms with Crippen LogP contribution in [0.4, 0.5) is 11.4 Å². The monoisotopic (exact) mass is 523 g/mol. The Morgan fingerprint density at radius 3 is 1.98 bits per heavy atom. The molecule has 1 aliphatic carbocycles. The van der Waals surface area contributed by atoms with Gasteiger partial charge in [-0.2, -0.15) is 0 Å². The van der Waals surface area contributed by atoms with E-state index in [1.165, 1.54) is 71.3 Å². The smallest absolute Gasteiger partial charge is 0.0543 e. The second-order valence-corrected chi connectivity index (χ2v) is 10.9. The Hall–Kier alpha value is -5.14. The number of anilines is 2. The lowest BCUT2D eigenvalue weighted by Crippen LogP contribution is -2.17. The van der Waals surface area contributed by atoms with Crippen molar-refractivity contribution in [3.05, 3.63) is 157 Å². The summed E-state index contributed by atoms with van der Waals surface area (Å²) in [6.45, 7) is 0. The van der Waals surface area contributed by atoms with Gasteiger partial charge < -0.3 is 4.90 Å². The molecule has 1 heteroatoms. The average molecular weight is 524 g/mol. The first-order valence-corrected chi connectivity index (χ1v) is 14.4. The van der Waals surface area contributed by atoms with Crippen molar-refractivity contribution in [3.63, 3.8) is 0 Å². The lowest BCUT2D eigenvalue weighted by atomic mass is 9.89. The molecule has 7 aromatic carbocycles. The van der Waals surface area contributed by atoms with Crippen LogP contribution in [0.25, 0.3) is 54.2 Å². The van der Waals surface area contributed by atoms with Crippen LogP contribution in [0.2, 0.25) is 0 Å². The summed E-state index contributed by atoms with van der Waals surface area (Å²) in [5.41, 5.74) is 6.24. The Bertz CT molecular complexity index is 2150. The van der Waals surface area contributed by atoms with E-state index in [0.717, 1.165) is 12.8 Å². The maximum Gasteiger partial charge on any atom is 0.0543 e. The Labute approximate surface area is 240 Å². The number of hydrogen-bond donors (Lipinski definition) is 0. The predicted molar refractivity (Wildman–Crippen MR) is 177 cm³/mol. The summed E-state index contributed by atoms with van der Waals surface area (Å²) in [5, 5.41) is 10.2. The fraction of sp³-hybridized carbons (Fsp3) is 0.0500. The fourth-order valence-electron chi connectivity index (χ4n) is 6.55. The molecule has 0 atom stereocenters. The zero-order chi connectivity index (χ0) is 27.2. The van der Waals surface area contributed by atoms with Crippen LogP contribution in [0.1, 0.15) is 12.8 Å². The van der Waals surface area contributed by atoms with E-state index in [4.69, 9.17) is 0 Å². The molecule has 0 aromatic heterocycles. The largest absolute Gasteiger partial charge is 0.314 e. The minimum atomic E-state index is 1.00. The van der Waals surface area contributed by atoms with Crippen molar-refractivity contribution in [2.45, 2.75) is 12.8 Å². The van der Waals surface area contributed by atoms with Crippen molar-refractivity contribution in [2.75, 3.05) is 4.90 Å². The Kier molecular flexibility index (Phi) is 5.67. The van der Waals surface area contributed by atoms with Gasteiger partial charge in [-0.15, -0.1) is 0 Å². The quantitative estimate of drug-likeness (QED) is 0.207. The van der Waals surface area contributed by atoms with Crippen LogP contribution >= 0.6 is 0 Å². The number of benzene rings is 7. The first kappa shape index (κ1) is 23.7. The number of fused-ring (bicyclic) bond motifs is 6. The summed E-state index contributed by atoms with van der Waals surface area (Å²) in [4.78, 5) is 2.50. The molecule has 1 nitrogen and oxygen atoms in total. The molecular formula is C40H29N. The van der Waals surface area contributed by atoms with Gasteiger partial charge in [-0.1, -0.05) is 121 Å². The molecule has 0 aliphatic heterocycles. The van der Waals surface area contributed by atoms with Crippen molar-refractivity contribution >= 4 is 54.5 Å². The molecule has 0 unspecified atom stereocenters. The molecule has 1 aliphatic rings. The zero-order valence-electron chi connectivity index (χ0n) is 22.8. The molecule has 0 bridgehead atoms. The predicted octanol–water partition coefficient (Wildman–Crippen LogP) is 11.3. The maximum absolute atomic E-state index is 2.50. The second kappa shape index (κ2) is 9.80. The molecule has 0 N–H and O–H groups in total. The zero-order valence-corrected chi connectivity index (χ0v) is 22.8. The molecule has 8 rings (SSSR count). The van der Waals surface area contributed by atoms with E-state index in [2.05, 4.69) is 157 Å². The van der Waals surface area contributed by atoms with Gasteiger partial charge in [-0.3, -0.25) is 0 Å². The summed E-state index contributed by atoms with van der Waals surface area (Å²) in [5.74, 6) is 0. The summed E-state index contributed by atoms with van der Waals surface area (Å²) in [6, 6.07) is 48.9. The molecular weight excluding hydrogens is 494 g/mol. The highest BCUT2D eigenvalue weighted by atomic mass is 15.1. The van der Waals surface area contributed by atoms with E-state index >= 15 is 0 Å². The normalized spacial score (nSPS) is 13.2. The van der Waals surface area contributed by atoms with Gasteiger partial charge in [-0.25, -0.2) is 0 Å². The van der Waals surface area contributed by atoms with Gasteiger partial charge in [0.1, 0.15) is 0 Å². The van der Waals surface area contributed by atoms with Crippen LogP contribution in [0.15, 0.2) is 157 Å². The second-order valence-electron chi connectivity index (χ2n) is 10.9. The van der Waals surface area contributed by atoms with Crippen LogP contribution in [0.5, 0.6) is 0 Å². The Morgan fingerprint density at radius 1 is 0.512 bits per heavy atom. The van der Waals surface area contributed by atoms with Crippen LogP contribution < -0.4 is 4.90 Å². The van der Waals surface area contributed by atoms with Gasteiger partial charge in [-0.05, 0) is 92.0 Å². The highest BCUT2D eigenvalue weighted by Gasteiger charge is 2.21. The lowest BCUT2D eigenvalue weighted by molar-refractivity contribution is 0.920. The van der Waals surface area contributed by atoms with E-state index in [9.17, 15) is 0 Å². The highest BCUT2D eigenvalue weighted by Crippen LogP contribution is 2.45. The van der Waals surface area contributed by atoms with Crippen molar-refractivity contribution in [3.8, 4) is 11.1 Å². The van der Waals surface area contributed by atoms with Crippen LogP contribution in [-0.4, -0.2) is 0 Å². The van der Waals surface area contributed by atoms with Crippen molar-refractivity contribution in [2.24, 2.45) is 0 Å². The minimum Gasteiger partial charge on any atom is -0.314 e. The standard InChI is InChI=1S/C40H29N/c1-3-14-29(15-4-1)38-26-31-27-39(35-20-10-12-22-37(35)40(31)36-21-11-9-19-34(36)38)41(32-17-5-2-6-18-32)33-24-23-28-13-7-8-16-30(28)25-33/h1-5,7-17,19-27H,6,18H2. The first-order valence-electron chi connectivity index (χ1n) is 14.4. The van der Waals surface area contributed by atoms with Gasteiger partial charge in [0, 0.05) is 16.8 Å². The summed E-state index contributed by atoms with van der Waals surface area (Å²) < 4.78 is 0. The minimum absolute atomic E-state index is 1.00. The Morgan fingerprint density at radius 2 is 1.20 bits per heavy atom. The number of allylic oxidation sites excluding steroid dienone is 4. The van der Waals surface area contributed by atoms with E-state index in [1.807, 2.05) is 0 Å². The van der Waals surface area contributed by atoms with Gasteiger partial charge >= 0.3 is 0 Å². The van der Waals surface area contributed by atoms with Crippen molar-refractivity contribution in [1.29, 1.82) is 0 Å². The van der Waals surface area contributed by atoms with Gasteiger partial charge in [0.05, 0.1) is 5.69 Å². The van der Waals surface area contributed by atoms with E-state index in [-0.39, 0.29) is 0 Å².